The maximum Gasteiger partial charge on any atom is 0.401 e. The van der Waals surface area contributed by atoms with Gasteiger partial charge in [-0.15, -0.1) is 0 Å². The maximum absolute atomic E-state index is 12.1. The fourth-order valence-corrected chi connectivity index (χ4v) is 2.81. The topological polar surface area (TPSA) is 49.4 Å². The summed E-state index contributed by atoms with van der Waals surface area (Å²) < 4.78 is 60.7. The Labute approximate surface area is 107 Å². The van der Waals surface area contributed by atoms with Gasteiger partial charge in [-0.1, -0.05) is 15.9 Å². The van der Waals surface area contributed by atoms with Crippen molar-refractivity contribution in [3.05, 3.63) is 0 Å². The minimum absolute atomic E-state index is 0.0498. The first-order valence-electron chi connectivity index (χ1n) is 5.04. The highest BCUT2D eigenvalue weighted by Gasteiger charge is 2.34. The van der Waals surface area contributed by atoms with Gasteiger partial charge in [0.15, 0.2) is 0 Å². The van der Waals surface area contributed by atoms with Crippen LogP contribution in [0.1, 0.15) is 6.42 Å². The molecule has 1 unspecified atom stereocenters. The zero-order valence-corrected chi connectivity index (χ0v) is 11.4. The van der Waals surface area contributed by atoms with Crippen LogP contribution in [0.4, 0.5) is 13.2 Å². The second-order valence-corrected chi connectivity index (χ2v) is 7.19. The summed E-state index contributed by atoms with van der Waals surface area (Å²) in [6.45, 7) is -0.0818. The van der Waals surface area contributed by atoms with E-state index in [4.69, 9.17) is 0 Å². The van der Waals surface area contributed by atoms with Gasteiger partial charge in [-0.25, -0.2) is 13.1 Å². The SMILES string of the molecule is O=S(=O)(CBr)NCC1CCN(CC(F)(F)F)C1. The van der Waals surface area contributed by atoms with Crippen LogP contribution in [0.3, 0.4) is 0 Å². The van der Waals surface area contributed by atoms with Crippen molar-refractivity contribution >= 4 is 26.0 Å². The maximum atomic E-state index is 12.1. The molecule has 1 heterocycles. The lowest BCUT2D eigenvalue weighted by Crippen LogP contribution is -2.34. The number of hydrogen-bond acceptors (Lipinski definition) is 3. The Morgan fingerprint density at radius 1 is 1.41 bits per heavy atom. The number of alkyl halides is 4. The van der Waals surface area contributed by atoms with Crippen molar-refractivity contribution in [2.24, 2.45) is 5.92 Å². The summed E-state index contributed by atoms with van der Waals surface area (Å²) in [5.41, 5.74) is 0. The van der Waals surface area contributed by atoms with Crippen LogP contribution >= 0.6 is 15.9 Å². The van der Waals surface area contributed by atoms with E-state index in [-0.39, 0.29) is 23.7 Å². The predicted octanol–water partition coefficient (Wildman–Crippen LogP) is 1.14. The van der Waals surface area contributed by atoms with Crippen molar-refractivity contribution in [3.8, 4) is 0 Å². The van der Waals surface area contributed by atoms with Gasteiger partial charge in [0.25, 0.3) is 0 Å². The summed E-state index contributed by atoms with van der Waals surface area (Å²) in [5, 5.41) is 0. The van der Waals surface area contributed by atoms with E-state index in [1.807, 2.05) is 0 Å². The molecule has 1 fully saturated rings. The van der Waals surface area contributed by atoms with E-state index >= 15 is 0 Å². The molecule has 0 bridgehead atoms. The lowest BCUT2D eigenvalue weighted by atomic mass is 10.1. The monoisotopic (exact) mass is 338 g/mol. The van der Waals surface area contributed by atoms with Gasteiger partial charge in [0.2, 0.25) is 10.0 Å². The van der Waals surface area contributed by atoms with Crippen molar-refractivity contribution < 1.29 is 21.6 Å². The summed E-state index contributed by atoms with van der Waals surface area (Å²) in [6, 6.07) is 0. The normalized spacial score (nSPS) is 23.2. The van der Waals surface area contributed by atoms with Gasteiger partial charge in [-0.2, -0.15) is 13.2 Å². The van der Waals surface area contributed by atoms with Crippen molar-refractivity contribution in [1.82, 2.24) is 9.62 Å². The fourth-order valence-electron chi connectivity index (χ4n) is 1.76. The van der Waals surface area contributed by atoms with E-state index in [0.29, 0.717) is 13.0 Å². The molecule has 0 saturated carbocycles. The molecule has 1 rings (SSSR count). The second-order valence-electron chi connectivity index (χ2n) is 4.08. The fraction of sp³-hybridized carbons (Fsp3) is 1.00. The predicted molar refractivity (Wildman–Crippen MR) is 61.3 cm³/mol. The third kappa shape index (κ3) is 6.03. The van der Waals surface area contributed by atoms with Gasteiger partial charge in [0.1, 0.15) is 4.66 Å². The molecule has 1 N–H and O–H groups in total. The molecule has 0 aliphatic carbocycles. The molecule has 1 aliphatic rings. The minimum Gasteiger partial charge on any atom is -0.295 e. The standard InChI is InChI=1S/C8H14BrF3N2O2S/c9-6-17(15,16)13-3-7-1-2-14(4-7)5-8(10,11)12/h7,13H,1-6H2. The third-order valence-electron chi connectivity index (χ3n) is 2.51. The van der Waals surface area contributed by atoms with Gasteiger partial charge >= 0.3 is 6.18 Å². The van der Waals surface area contributed by atoms with Gasteiger partial charge in [0.05, 0.1) is 6.54 Å². The largest absolute Gasteiger partial charge is 0.401 e. The Hall–Kier alpha value is 0.140. The summed E-state index contributed by atoms with van der Waals surface area (Å²) in [5.74, 6) is -0.0498. The van der Waals surface area contributed by atoms with Gasteiger partial charge in [0, 0.05) is 13.1 Å². The van der Waals surface area contributed by atoms with Crippen LogP contribution in [0.25, 0.3) is 0 Å². The Kier molecular flexibility index (Phi) is 5.23. The average Bonchev–Trinajstić information content (AvgIpc) is 2.60. The summed E-state index contributed by atoms with van der Waals surface area (Å²) in [6.07, 6.45) is -3.61. The number of hydrogen-bond donors (Lipinski definition) is 1. The number of halogens is 4. The molecule has 0 amide bonds. The molecule has 0 spiro atoms. The molecule has 0 aromatic carbocycles. The minimum atomic E-state index is -4.19. The van der Waals surface area contributed by atoms with E-state index in [0.717, 1.165) is 0 Å². The molecule has 0 aromatic rings. The summed E-state index contributed by atoms with van der Waals surface area (Å²) >= 11 is 2.82. The lowest BCUT2D eigenvalue weighted by molar-refractivity contribution is -0.143. The summed E-state index contributed by atoms with van der Waals surface area (Å²) in [4.78, 5) is 1.30. The van der Waals surface area contributed by atoms with Crippen LogP contribution in [-0.2, 0) is 10.0 Å². The van der Waals surface area contributed by atoms with E-state index in [1.54, 1.807) is 0 Å². The Morgan fingerprint density at radius 2 is 2.06 bits per heavy atom. The van der Waals surface area contributed by atoms with Crippen LogP contribution < -0.4 is 4.72 Å². The first-order chi connectivity index (χ1) is 7.72. The van der Waals surface area contributed by atoms with E-state index in [2.05, 4.69) is 20.7 Å². The highest BCUT2D eigenvalue weighted by molar-refractivity contribution is 9.10. The van der Waals surface area contributed by atoms with Crippen LogP contribution in [0, 0.1) is 5.92 Å². The lowest BCUT2D eigenvalue weighted by Gasteiger charge is -2.17. The molecule has 0 radical (unpaired) electrons. The van der Waals surface area contributed by atoms with Crippen LogP contribution in [0.15, 0.2) is 0 Å². The second kappa shape index (κ2) is 5.85. The number of sulfonamides is 1. The van der Waals surface area contributed by atoms with Crippen molar-refractivity contribution in [2.45, 2.75) is 12.6 Å². The zero-order valence-electron chi connectivity index (χ0n) is 9.00. The number of likely N-dealkylation sites (tertiary alicyclic amines) is 1. The number of nitrogens with zero attached hydrogens (tertiary/aromatic N) is 1. The number of nitrogens with one attached hydrogen (secondary N) is 1. The first kappa shape index (κ1) is 15.2. The van der Waals surface area contributed by atoms with Crippen molar-refractivity contribution in [3.63, 3.8) is 0 Å². The third-order valence-corrected chi connectivity index (χ3v) is 5.21. The van der Waals surface area contributed by atoms with Crippen LogP contribution in [-0.4, -0.2) is 50.3 Å². The number of rotatable bonds is 5. The molecular formula is C8H14BrF3N2O2S. The molecule has 102 valence electrons. The van der Waals surface area contributed by atoms with Crippen LogP contribution in [0.2, 0.25) is 0 Å². The molecule has 1 atom stereocenters. The van der Waals surface area contributed by atoms with E-state index < -0.39 is 22.7 Å². The molecule has 1 saturated heterocycles. The van der Waals surface area contributed by atoms with Crippen molar-refractivity contribution in [2.75, 3.05) is 30.8 Å². The van der Waals surface area contributed by atoms with Crippen LogP contribution in [0.5, 0.6) is 0 Å². The Bertz CT molecular complexity index is 347. The highest BCUT2D eigenvalue weighted by atomic mass is 79.9. The van der Waals surface area contributed by atoms with E-state index in [9.17, 15) is 21.6 Å². The van der Waals surface area contributed by atoms with Gasteiger partial charge in [-0.05, 0) is 18.9 Å². The summed E-state index contributed by atoms with van der Waals surface area (Å²) in [7, 11) is -3.33. The van der Waals surface area contributed by atoms with Gasteiger partial charge < -0.3 is 0 Å². The molecule has 17 heavy (non-hydrogen) atoms. The van der Waals surface area contributed by atoms with Gasteiger partial charge in [-0.3, -0.25) is 4.90 Å². The Balaban J connectivity index is 2.32. The molecule has 1 aliphatic heterocycles. The first-order valence-corrected chi connectivity index (χ1v) is 7.81. The van der Waals surface area contributed by atoms with E-state index in [1.165, 1.54) is 4.90 Å². The van der Waals surface area contributed by atoms with Crippen molar-refractivity contribution in [1.29, 1.82) is 0 Å². The quantitative estimate of drug-likeness (QED) is 0.765. The molecular weight excluding hydrogens is 325 g/mol. The molecule has 9 heteroatoms. The molecule has 0 aromatic heterocycles. The molecule has 4 nitrogen and oxygen atoms in total. The Morgan fingerprint density at radius 3 is 2.59 bits per heavy atom. The average molecular weight is 339 g/mol. The smallest absolute Gasteiger partial charge is 0.295 e. The zero-order chi connectivity index (χ0) is 13.1. The highest BCUT2D eigenvalue weighted by Crippen LogP contribution is 2.22.